The number of methoxy groups -OCH3 is 1. The van der Waals surface area contributed by atoms with Gasteiger partial charge >= 0.3 is 0 Å². The van der Waals surface area contributed by atoms with Crippen LogP contribution in [0, 0.1) is 0 Å². The molecule has 1 aliphatic rings. The van der Waals surface area contributed by atoms with Crippen molar-refractivity contribution < 1.29 is 13.9 Å². The van der Waals surface area contributed by atoms with E-state index < -0.39 is 0 Å². The van der Waals surface area contributed by atoms with Crippen molar-refractivity contribution in [3.8, 4) is 5.75 Å². The van der Waals surface area contributed by atoms with Gasteiger partial charge in [0.15, 0.2) is 11.2 Å². The van der Waals surface area contributed by atoms with E-state index in [-0.39, 0.29) is 17.1 Å². The van der Waals surface area contributed by atoms with Gasteiger partial charge in [-0.15, -0.1) is 0 Å². The molecule has 1 aliphatic heterocycles. The highest BCUT2D eigenvalue weighted by Crippen LogP contribution is 2.28. The number of hydrogen-bond donors (Lipinski definition) is 0. The van der Waals surface area contributed by atoms with Crippen LogP contribution in [0.5, 0.6) is 5.75 Å². The standard InChI is InChI=1S/C21H20N2O4/c1-26-19-9-5-3-7-16(19)22-10-12-23(13-11-22)21(25)20-14-17(24)15-6-2-4-8-18(15)27-20/h2-9,14H,10-13H2,1H3. The SMILES string of the molecule is COc1ccccc1N1CCN(C(=O)c2cc(=O)c3ccccc3o2)CC1. The van der Waals surface area contributed by atoms with Crippen LogP contribution in [0.25, 0.3) is 11.0 Å². The third kappa shape index (κ3) is 3.26. The largest absolute Gasteiger partial charge is 0.495 e. The number of carbonyl (C=O) groups excluding carboxylic acids is 1. The van der Waals surface area contributed by atoms with Crippen molar-refractivity contribution in [3.05, 3.63) is 70.6 Å². The lowest BCUT2D eigenvalue weighted by atomic mass is 10.2. The van der Waals surface area contributed by atoms with Crippen LogP contribution in [0.1, 0.15) is 10.6 Å². The van der Waals surface area contributed by atoms with Crippen LogP contribution in [0.4, 0.5) is 5.69 Å². The van der Waals surface area contributed by atoms with E-state index >= 15 is 0 Å². The Labute approximate surface area is 156 Å². The second kappa shape index (κ2) is 7.15. The minimum Gasteiger partial charge on any atom is -0.495 e. The summed E-state index contributed by atoms with van der Waals surface area (Å²) in [4.78, 5) is 29.0. The van der Waals surface area contributed by atoms with Gasteiger partial charge in [-0.2, -0.15) is 0 Å². The maximum atomic E-state index is 12.8. The molecule has 4 rings (SSSR count). The first-order valence-electron chi connectivity index (χ1n) is 8.87. The van der Waals surface area contributed by atoms with Crippen molar-refractivity contribution >= 4 is 22.6 Å². The summed E-state index contributed by atoms with van der Waals surface area (Å²) in [5.41, 5.74) is 1.25. The lowest BCUT2D eigenvalue weighted by Gasteiger charge is -2.36. The Morgan fingerprint density at radius 1 is 1.00 bits per heavy atom. The number of fused-ring (bicyclic) bond motifs is 1. The first kappa shape index (κ1) is 17.1. The summed E-state index contributed by atoms with van der Waals surface area (Å²) in [7, 11) is 1.65. The molecule has 1 aromatic heterocycles. The summed E-state index contributed by atoms with van der Waals surface area (Å²) in [5, 5.41) is 0.482. The van der Waals surface area contributed by atoms with Crippen LogP contribution in [0.2, 0.25) is 0 Å². The molecule has 2 heterocycles. The number of benzene rings is 2. The van der Waals surface area contributed by atoms with Gasteiger partial charge in [-0.25, -0.2) is 0 Å². The molecule has 0 aliphatic carbocycles. The number of ether oxygens (including phenoxy) is 1. The van der Waals surface area contributed by atoms with Crippen molar-refractivity contribution in [2.24, 2.45) is 0 Å². The number of anilines is 1. The van der Waals surface area contributed by atoms with Gasteiger partial charge in [0.1, 0.15) is 11.3 Å². The third-order valence-corrected chi connectivity index (χ3v) is 4.84. The molecule has 6 nitrogen and oxygen atoms in total. The molecule has 0 unspecified atom stereocenters. The zero-order valence-corrected chi connectivity index (χ0v) is 15.1. The van der Waals surface area contributed by atoms with Gasteiger partial charge in [0.05, 0.1) is 18.2 Å². The fraction of sp³-hybridized carbons (Fsp3) is 0.238. The molecule has 6 heteroatoms. The number of rotatable bonds is 3. The van der Waals surface area contributed by atoms with E-state index in [1.165, 1.54) is 6.07 Å². The highest BCUT2D eigenvalue weighted by atomic mass is 16.5. The molecule has 1 amide bonds. The number of carbonyl (C=O) groups is 1. The molecule has 0 atom stereocenters. The molecule has 0 radical (unpaired) electrons. The van der Waals surface area contributed by atoms with Crippen LogP contribution in [0.3, 0.4) is 0 Å². The molecule has 1 fully saturated rings. The number of hydrogen-bond acceptors (Lipinski definition) is 5. The molecule has 0 N–H and O–H groups in total. The smallest absolute Gasteiger partial charge is 0.289 e. The monoisotopic (exact) mass is 364 g/mol. The maximum absolute atomic E-state index is 12.8. The molecular formula is C21H20N2O4. The van der Waals surface area contributed by atoms with Gasteiger partial charge in [0.25, 0.3) is 5.91 Å². The minimum absolute atomic E-state index is 0.0874. The predicted octanol–water partition coefficient (Wildman–Crippen LogP) is 2.76. The van der Waals surface area contributed by atoms with Crippen molar-refractivity contribution in [3.63, 3.8) is 0 Å². The van der Waals surface area contributed by atoms with E-state index in [1.807, 2.05) is 24.3 Å². The van der Waals surface area contributed by atoms with E-state index in [4.69, 9.17) is 9.15 Å². The van der Waals surface area contributed by atoms with Crippen molar-refractivity contribution in [2.75, 3.05) is 38.2 Å². The molecule has 0 bridgehead atoms. The number of amides is 1. The molecule has 138 valence electrons. The van der Waals surface area contributed by atoms with Gasteiger partial charge in [-0.1, -0.05) is 24.3 Å². The Bertz CT molecular complexity index is 1040. The Balaban J connectivity index is 1.51. The van der Waals surface area contributed by atoms with Gasteiger partial charge in [-0.3, -0.25) is 9.59 Å². The first-order chi connectivity index (χ1) is 13.2. The average molecular weight is 364 g/mol. The minimum atomic E-state index is -0.252. The molecular weight excluding hydrogens is 344 g/mol. The topological polar surface area (TPSA) is 63.0 Å². The summed E-state index contributed by atoms with van der Waals surface area (Å²) in [6, 6.07) is 16.1. The fourth-order valence-electron chi connectivity index (χ4n) is 3.41. The van der Waals surface area contributed by atoms with E-state index in [0.717, 1.165) is 11.4 Å². The van der Waals surface area contributed by atoms with Crippen LogP contribution in [0.15, 0.2) is 63.8 Å². The van der Waals surface area contributed by atoms with Crippen LogP contribution < -0.4 is 15.1 Å². The molecule has 1 saturated heterocycles. The lowest BCUT2D eigenvalue weighted by molar-refractivity contribution is 0.0715. The second-order valence-corrected chi connectivity index (χ2v) is 6.42. The molecule has 2 aromatic carbocycles. The molecule has 0 spiro atoms. The summed E-state index contributed by atoms with van der Waals surface area (Å²) < 4.78 is 11.1. The maximum Gasteiger partial charge on any atom is 0.289 e. The van der Waals surface area contributed by atoms with Gasteiger partial charge in [-0.05, 0) is 24.3 Å². The molecule has 0 saturated carbocycles. The van der Waals surface area contributed by atoms with E-state index in [2.05, 4.69) is 4.90 Å². The fourth-order valence-corrected chi connectivity index (χ4v) is 3.41. The number of para-hydroxylation sites is 3. The number of piperazine rings is 1. The van der Waals surface area contributed by atoms with Crippen molar-refractivity contribution in [2.45, 2.75) is 0 Å². The van der Waals surface area contributed by atoms with Crippen LogP contribution >= 0.6 is 0 Å². The highest BCUT2D eigenvalue weighted by Gasteiger charge is 2.25. The van der Waals surface area contributed by atoms with Gasteiger partial charge < -0.3 is 19.0 Å². The summed E-state index contributed by atoms with van der Waals surface area (Å²) >= 11 is 0. The summed E-state index contributed by atoms with van der Waals surface area (Å²) in [5.74, 6) is 0.653. The van der Waals surface area contributed by atoms with Crippen molar-refractivity contribution in [1.82, 2.24) is 4.90 Å². The van der Waals surface area contributed by atoms with Crippen LogP contribution in [-0.4, -0.2) is 44.1 Å². The van der Waals surface area contributed by atoms with E-state index in [1.54, 1.807) is 36.3 Å². The first-order valence-corrected chi connectivity index (χ1v) is 8.87. The normalized spacial score (nSPS) is 14.4. The van der Waals surface area contributed by atoms with E-state index in [0.29, 0.717) is 37.1 Å². The van der Waals surface area contributed by atoms with Crippen LogP contribution in [-0.2, 0) is 0 Å². The summed E-state index contributed by atoms with van der Waals surface area (Å²) in [6.45, 7) is 2.47. The Kier molecular flexibility index (Phi) is 4.54. The van der Waals surface area contributed by atoms with E-state index in [9.17, 15) is 9.59 Å². The molecule has 27 heavy (non-hydrogen) atoms. The van der Waals surface area contributed by atoms with Gasteiger partial charge in [0, 0.05) is 32.2 Å². The lowest BCUT2D eigenvalue weighted by Crippen LogP contribution is -2.49. The quantitative estimate of drug-likeness (QED) is 0.715. The second-order valence-electron chi connectivity index (χ2n) is 6.42. The summed E-state index contributed by atoms with van der Waals surface area (Å²) in [6.07, 6.45) is 0. The average Bonchev–Trinajstić information content (AvgIpc) is 2.73. The third-order valence-electron chi connectivity index (χ3n) is 4.84. The highest BCUT2D eigenvalue weighted by molar-refractivity contribution is 5.93. The Morgan fingerprint density at radius 3 is 2.48 bits per heavy atom. The predicted molar refractivity (Wildman–Crippen MR) is 104 cm³/mol. The van der Waals surface area contributed by atoms with Crippen molar-refractivity contribution in [1.29, 1.82) is 0 Å². The Hall–Kier alpha value is -3.28. The zero-order chi connectivity index (χ0) is 18.8. The Morgan fingerprint density at radius 2 is 1.70 bits per heavy atom. The molecule has 3 aromatic rings. The zero-order valence-electron chi connectivity index (χ0n) is 15.1. The van der Waals surface area contributed by atoms with Gasteiger partial charge in [0.2, 0.25) is 0 Å². The number of nitrogens with zero attached hydrogens (tertiary/aromatic N) is 2.